The number of ether oxygens (including phenoxy) is 2. The minimum absolute atomic E-state index is 0.0428. The van der Waals surface area contributed by atoms with Crippen molar-refractivity contribution in [2.45, 2.75) is 0 Å². The van der Waals surface area contributed by atoms with Gasteiger partial charge in [0.1, 0.15) is 17.2 Å². The molecule has 0 bridgehead atoms. The minimum atomic E-state index is -1.22. The average molecular weight is 381 g/mol. The number of hydrogen-bond acceptors (Lipinski definition) is 9. The molecule has 0 saturated carbocycles. The van der Waals surface area contributed by atoms with Crippen LogP contribution in [0.15, 0.2) is 30.6 Å². The summed E-state index contributed by atoms with van der Waals surface area (Å²) in [6, 6.07) is 7.08. The maximum Gasteiger partial charge on any atom is 0.341 e. The van der Waals surface area contributed by atoms with Crippen LogP contribution in [0.25, 0.3) is 5.95 Å². The number of carboxylic acid groups (broad SMARTS) is 1. The van der Waals surface area contributed by atoms with E-state index in [4.69, 9.17) is 20.3 Å². The highest BCUT2D eigenvalue weighted by Gasteiger charge is 2.16. The number of nitrogens with zero attached hydrogens (tertiary/aromatic N) is 5. The van der Waals surface area contributed by atoms with Gasteiger partial charge in [0, 0.05) is 11.8 Å². The summed E-state index contributed by atoms with van der Waals surface area (Å²) < 4.78 is 11.6. The molecule has 2 heterocycles. The minimum Gasteiger partial charge on any atom is -0.493 e. The van der Waals surface area contributed by atoms with E-state index in [0.29, 0.717) is 17.2 Å². The lowest BCUT2D eigenvalue weighted by Gasteiger charge is -2.12. The van der Waals surface area contributed by atoms with Crippen LogP contribution in [0.5, 0.6) is 11.5 Å². The number of benzene rings is 1. The van der Waals surface area contributed by atoms with Crippen LogP contribution in [0, 0.1) is 11.3 Å². The smallest absolute Gasteiger partial charge is 0.341 e. The number of nitrogens with one attached hydrogen (secondary N) is 1. The molecule has 0 aliphatic carbocycles. The number of anilines is 3. The van der Waals surface area contributed by atoms with Gasteiger partial charge >= 0.3 is 5.97 Å². The van der Waals surface area contributed by atoms with Gasteiger partial charge in [-0.15, -0.1) is 5.10 Å². The van der Waals surface area contributed by atoms with Crippen molar-refractivity contribution in [1.29, 1.82) is 5.26 Å². The molecule has 1 aromatic carbocycles. The number of rotatable bonds is 6. The molecule has 0 radical (unpaired) electrons. The number of hydrogen-bond donors (Lipinski definition) is 3. The van der Waals surface area contributed by atoms with Crippen LogP contribution in [-0.4, -0.2) is 45.0 Å². The third kappa shape index (κ3) is 3.47. The first kappa shape index (κ1) is 18.5. The van der Waals surface area contributed by atoms with Crippen molar-refractivity contribution in [3.63, 3.8) is 0 Å². The molecule has 4 N–H and O–H groups in total. The molecule has 142 valence electrons. The summed E-state index contributed by atoms with van der Waals surface area (Å²) in [5.74, 6) is -0.112. The van der Waals surface area contributed by atoms with Gasteiger partial charge in [-0.25, -0.2) is 14.5 Å². The normalized spacial score (nSPS) is 10.2. The molecule has 2 aromatic heterocycles. The maximum atomic E-state index is 11.1. The fourth-order valence-electron chi connectivity index (χ4n) is 2.37. The van der Waals surface area contributed by atoms with E-state index in [-0.39, 0.29) is 28.7 Å². The summed E-state index contributed by atoms with van der Waals surface area (Å²) >= 11 is 0. The molecule has 11 heteroatoms. The average Bonchev–Trinajstić information content (AvgIpc) is 3.09. The number of carboxylic acids is 1. The zero-order chi connectivity index (χ0) is 20.3. The van der Waals surface area contributed by atoms with Crippen molar-refractivity contribution < 1.29 is 19.4 Å². The molecule has 3 rings (SSSR count). The van der Waals surface area contributed by atoms with Gasteiger partial charge in [0.15, 0.2) is 23.1 Å². The molecule has 0 unspecified atom stereocenters. The molecular formula is C17H15N7O4. The first-order chi connectivity index (χ1) is 13.5. The van der Waals surface area contributed by atoms with Crippen molar-refractivity contribution in [1.82, 2.24) is 19.7 Å². The van der Waals surface area contributed by atoms with Gasteiger partial charge in [0.25, 0.3) is 5.95 Å². The Morgan fingerprint density at radius 2 is 2.07 bits per heavy atom. The molecular weight excluding hydrogens is 366 g/mol. The molecule has 0 aliphatic rings. The SMILES string of the molecule is COc1ccc(Nc2nc(-n3cc(C(=O)O)c(N)n3)ncc2C#N)cc1OC. The highest BCUT2D eigenvalue weighted by Crippen LogP contribution is 2.31. The molecule has 0 aliphatic heterocycles. The predicted molar refractivity (Wildman–Crippen MR) is 98.1 cm³/mol. The lowest BCUT2D eigenvalue weighted by Crippen LogP contribution is -2.06. The Morgan fingerprint density at radius 3 is 2.68 bits per heavy atom. The molecule has 0 fully saturated rings. The van der Waals surface area contributed by atoms with Crippen LogP contribution in [0.1, 0.15) is 15.9 Å². The van der Waals surface area contributed by atoms with E-state index in [0.717, 1.165) is 4.68 Å². The van der Waals surface area contributed by atoms with E-state index in [1.54, 1.807) is 18.2 Å². The van der Waals surface area contributed by atoms with E-state index in [2.05, 4.69) is 20.4 Å². The number of aromatic nitrogens is 4. The van der Waals surface area contributed by atoms with Gasteiger partial charge in [-0.1, -0.05) is 0 Å². The van der Waals surface area contributed by atoms with Gasteiger partial charge in [-0.2, -0.15) is 10.2 Å². The van der Waals surface area contributed by atoms with Crippen molar-refractivity contribution >= 4 is 23.3 Å². The van der Waals surface area contributed by atoms with E-state index in [1.807, 2.05) is 6.07 Å². The zero-order valence-electron chi connectivity index (χ0n) is 14.9. The van der Waals surface area contributed by atoms with Crippen molar-refractivity contribution in [3.05, 3.63) is 41.7 Å². The largest absolute Gasteiger partial charge is 0.493 e. The molecule has 28 heavy (non-hydrogen) atoms. The third-order valence-corrected chi connectivity index (χ3v) is 3.72. The summed E-state index contributed by atoms with van der Waals surface area (Å²) in [5.41, 5.74) is 6.18. The van der Waals surface area contributed by atoms with Crippen LogP contribution in [0.2, 0.25) is 0 Å². The summed E-state index contributed by atoms with van der Waals surface area (Å²) in [6.45, 7) is 0. The predicted octanol–water partition coefficient (Wildman–Crippen LogP) is 1.58. The second-order valence-corrected chi connectivity index (χ2v) is 5.42. The van der Waals surface area contributed by atoms with E-state index in [9.17, 15) is 10.1 Å². The number of nitriles is 1. The van der Waals surface area contributed by atoms with Gasteiger partial charge in [0.2, 0.25) is 0 Å². The van der Waals surface area contributed by atoms with E-state index in [1.165, 1.54) is 26.6 Å². The van der Waals surface area contributed by atoms with Crippen LogP contribution >= 0.6 is 0 Å². The Bertz CT molecular complexity index is 1090. The standard InChI is InChI=1S/C17H15N7O4/c1-27-12-4-3-10(5-13(12)28-2)21-15-9(6-18)7-20-17(22-15)24-8-11(16(25)26)14(19)23-24/h3-5,7-8H,1-2H3,(H2,19,23)(H,25,26)(H,20,21,22). The van der Waals surface area contributed by atoms with Crippen molar-refractivity contribution in [3.8, 4) is 23.5 Å². The van der Waals surface area contributed by atoms with E-state index < -0.39 is 5.97 Å². The maximum absolute atomic E-state index is 11.1. The quantitative estimate of drug-likeness (QED) is 0.571. The second-order valence-electron chi connectivity index (χ2n) is 5.42. The van der Waals surface area contributed by atoms with Gasteiger partial charge < -0.3 is 25.6 Å². The zero-order valence-corrected chi connectivity index (χ0v) is 14.9. The van der Waals surface area contributed by atoms with Gasteiger partial charge in [0.05, 0.1) is 26.6 Å². The van der Waals surface area contributed by atoms with Crippen molar-refractivity contribution in [2.24, 2.45) is 0 Å². The Morgan fingerprint density at radius 1 is 1.32 bits per heavy atom. The van der Waals surface area contributed by atoms with Crippen LogP contribution in [0.4, 0.5) is 17.3 Å². The number of methoxy groups -OCH3 is 2. The highest BCUT2D eigenvalue weighted by molar-refractivity contribution is 5.92. The molecule has 0 amide bonds. The third-order valence-electron chi connectivity index (χ3n) is 3.72. The first-order valence-corrected chi connectivity index (χ1v) is 7.81. The van der Waals surface area contributed by atoms with Crippen LogP contribution in [0.3, 0.4) is 0 Å². The van der Waals surface area contributed by atoms with Crippen LogP contribution in [-0.2, 0) is 0 Å². The molecule has 0 spiro atoms. The van der Waals surface area contributed by atoms with Crippen LogP contribution < -0.4 is 20.5 Å². The first-order valence-electron chi connectivity index (χ1n) is 7.81. The number of aromatic carboxylic acids is 1. The lowest BCUT2D eigenvalue weighted by atomic mass is 10.2. The Kier molecular flexibility index (Phi) is 4.95. The Hall–Kier alpha value is -4.33. The summed E-state index contributed by atoms with van der Waals surface area (Å²) in [4.78, 5) is 19.4. The molecule has 0 saturated heterocycles. The highest BCUT2D eigenvalue weighted by atomic mass is 16.5. The number of nitrogen functional groups attached to an aromatic ring is 1. The van der Waals surface area contributed by atoms with E-state index >= 15 is 0 Å². The Balaban J connectivity index is 2.00. The number of carbonyl (C=O) groups is 1. The summed E-state index contributed by atoms with van der Waals surface area (Å²) in [5, 5.41) is 25.3. The number of nitrogens with two attached hydrogens (primary N) is 1. The monoisotopic (exact) mass is 381 g/mol. The lowest BCUT2D eigenvalue weighted by molar-refractivity contribution is 0.0698. The topological polar surface area (TPSA) is 161 Å². The Labute approximate surface area is 159 Å². The van der Waals surface area contributed by atoms with Crippen molar-refractivity contribution in [2.75, 3.05) is 25.3 Å². The fraction of sp³-hybridized carbons (Fsp3) is 0.118. The summed E-state index contributed by atoms with van der Waals surface area (Å²) in [7, 11) is 3.03. The van der Waals surface area contributed by atoms with Gasteiger partial charge in [-0.3, -0.25) is 0 Å². The summed E-state index contributed by atoms with van der Waals surface area (Å²) in [6.07, 6.45) is 2.49. The molecule has 11 nitrogen and oxygen atoms in total. The van der Waals surface area contributed by atoms with Gasteiger partial charge in [-0.05, 0) is 12.1 Å². The second kappa shape index (κ2) is 7.50. The fourth-order valence-corrected chi connectivity index (χ4v) is 2.37. The molecule has 3 aromatic rings. The molecule has 0 atom stereocenters.